The summed E-state index contributed by atoms with van der Waals surface area (Å²) in [5.41, 5.74) is 3.17. The van der Waals surface area contributed by atoms with Crippen LogP contribution < -0.4 is 4.74 Å². The van der Waals surface area contributed by atoms with E-state index in [0.29, 0.717) is 16.9 Å². The van der Waals surface area contributed by atoms with Crippen LogP contribution in [0.1, 0.15) is 15.9 Å². The lowest BCUT2D eigenvalue weighted by molar-refractivity contribution is 0.0921. The Labute approximate surface area is 140 Å². The van der Waals surface area contributed by atoms with Crippen LogP contribution in [0.4, 0.5) is 0 Å². The zero-order valence-corrected chi connectivity index (χ0v) is 13.0. The Morgan fingerprint density at radius 2 is 1.46 bits per heavy atom. The fourth-order valence-electron chi connectivity index (χ4n) is 2.39. The first kappa shape index (κ1) is 15.5. The number of hydrogen-bond acceptors (Lipinski definition) is 3. The van der Waals surface area contributed by atoms with Crippen LogP contribution in [0.3, 0.4) is 0 Å². The van der Waals surface area contributed by atoms with Gasteiger partial charge in [0, 0.05) is 5.56 Å². The Morgan fingerprint density at radius 1 is 0.833 bits per heavy atom. The summed E-state index contributed by atoms with van der Waals surface area (Å²) < 4.78 is 5.49. The molecule has 3 aromatic carbocycles. The molecule has 3 nitrogen and oxygen atoms in total. The van der Waals surface area contributed by atoms with Crippen LogP contribution in [0.15, 0.2) is 78.9 Å². The molecule has 3 heteroatoms. The largest absolute Gasteiger partial charge is 0.484 e. The van der Waals surface area contributed by atoms with E-state index in [4.69, 9.17) is 10.00 Å². The van der Waals surface area contributed by atoms with E-state index in [-0.39, 0.29) is 12.4 Å². The van der Waals surface area contributed by atoms with Gasteiger partial charge in [-0.1, -0.05) is 66.7 Å². The molecule has 24 heavy (non-hydrogen) atoms. The van der Waals surface area contributed by atoms with E-state index in [2.05, 4.69) is 0 Å². The number of carbonyl (C=O) groups is 1. The Hall–Kier alpha value is -3.38. The smallest absolute Gasteiger partial charge is 0.200 e. The number of benzene rings is 3. The second-order valence-electron chi connectivity index (χ2n) is 5.26. The van der Waals surface area contributed by atoms with Crippen LogP contribution in [0, 0.1) is 11.3 Å². The maximum atomic E-state index is 12.3. The summed E-state index contributed by atoms with van der Waals surface area (Å²) in [6.07, 6.45) is 0. The molecule has 3 rings (SSSR count). The van der Waals surface area contributed by atoms with Gasteiger partial charge in [0.2, 0.25) is 0 Å². The summed E-state index contributed by atoms with van der Waals surface area (Å²) in [7, 11) is 0. The molecule has 0 fully saturated rings. The normalized spacial score (nSPS) is 9.96. The van der Waals surface area contributed by atoms with Crippen molar-refractivity contribution in [1.82, 2.24) is 0 Å². The summed E-state index contributed by atoms with van der Waals surface area (Å²) in [6.45, 7) is -0.0939. The van der Waals surface area contributed by atoms with Gasteiger partial charge >= 0.3 is 0 Å². The van der Waals surface area contributed by atoms with Crippen molar-refractivity contribution >= 4 is 5.78 Å². The Bertz CT molecular complexity index is 878. The third-order valence-electron chi connectivity index (χ3n) is 3.68. The molecule has 116 valence electrons. The molecule has 0 saturated heterocycles. The minimum atomic E-state index is -0.123. The molecule has 0 aromatic heterocycles. The number of Topliss-reactive ketones (excluding diaryl/α,β-unsaturated/α-hetero) is 1. The van der Waals surface area contributed by atoms with Crippen molar-refractivity contribution < 1.29 is 9.53 Å². The minimum absolute atomic E-state index is 0.0939. The van der Waals surface area contributed by atoms with Crippen LogP contribution in [0.25, 0.3) is 11.1 Å². The molecule has 0 spiro atoms. The molecule has 0 saturated carbocycles. The zero-order chi connectivity index (χ0) is 16.8. The number of hydrogen-bond donors (Lipinski definition) is 0. The van der Waals surface area contributed by atoms with Gasteiger partial charge in [0.1, 0.15) is 11.8 Å². The van der Waals surface area contributed by atoms with E-state index in [1.54, 1.807) is 36.4 Å². The van der Waals surface area contributed by atoms with Gasteiger partial charge in [-0.15, -0.1) is 0 Å². The number of ketones is 1. The van der Waals surface area contributed by atoms with E-state index in [1.807, 2.05) is 48.5 Å². The second kappa shape index (κ2) is 7.26. The zero-order valence-electron chi connectivity index (χ0n) is 13.0. The third-order valence-corrected chi connectivity index (χ3v) is 3.68. The van der Waals surface area contributed by atoms with Gasteiger partial charge in [0.05, 0.1) is 5.56 Å². The molecule has 0 heterocycles. The highest BCUT2D eigenvalue weighted by Crippen LogP contribution is 2.20. The van der Waals surface area contributed by atoms with Gasteiger partial charge in [-0.05, 0) is 23.3 Å². The quantitative estimate of drug-likeness (QED) is 0.652. The fourth-order valence-corrected chi connectivity index (χ4v) is 2.39. The van der Waals surface area contributed by atoms with Crippen LogP contribution in [-0.2, 0) is 0 Å². The van der Waals surface area contributed by atoms with E-state index in [0.717, 1.165) is 11.1 Å². The van der Waals surface area contributed by atoms with Gasteiger partial charge in [0.15, 0.2) is 12.4 Å². The van der Waals surface area contributed by atoms with Gasteiger partial charge in [-0.2, -0.15) is 5.26 Å². The number of carbonyl (C=O) groups excluding carboxylic acids is 1. The average Bonchev–Trinajstić information content (AvgIpc) is 2.67. The van der Waals surface area contributed by atoms with Crippen molar-refractivity contribution in [3.63, 3.8) is 0 Å². The molecule has 0 radical (unpaired) electrons. The first-order valence-electron chi connectivity index (χ1n) is 7.58. The first-order valence-corrected chi connectivity index (χ1v) is 7.58. The topological polar surface area (TPSA) is 50.1 Å². The summed E-state index contributed by atoms with van der Waals surface area (Å²) in [6, 6.07) is 26.3. The molecule has 3 aromatic rings. The van der Waals surface area contributed by atoms with Crippen molar-refractivity contribution in [2.24, 2.45) is 0 Å². The SMILES string of the molecule is N#Cc1ccccc1OCC(=O)c1ccc(-c2ccccc2)cc1. The third kappa shape index (κ3) is 3.50. The number of ether oxygens (including phenoxy) is 1. The molecule has 0 unspecified atom stereocenters. The van der Waals surface area contributed by atoms with Crippen LogP contribution in [-0.4, -0.2) is 12.4 Å². The van der Waals surface area contributed by atoms with Gasteiger partial charge < -0.3 is 4.74 Å². The molecule has 0 atom stereocenters. The van der Waals surface area contributed by atoms with E-state index < -0.39 is 0 Å². The monoisotopic (exact) mass is 313 g/mol. The summed E-state index contributed by atoms with van der Waals surface area (Å²) in [5.74, 6) is 0.302. The maximum absolute atomic E-state index is 12.3. The summed E-state index contributed by atoms with van der Waals surface area (Å²) in [4.78, 5) is 12.3. The van der Waals surface area contributed by atoms with E-state index in [9.17, 15) is 4.79 Å². The average molecular weight is 313 g/mol. The number of rotatable bonds is 5. The molecule has 0 N–H and O–H groups in total. The lowest BCUT2D eigenvalue weighted by Gasteiger charge is -2.07. The predicted octanol–water partition coefficient (Wildman–Crippen LogP) is 4.49. The highest BCUT2D eigenvalue weighted by Gasteiger charge is 2.09. The predicted molar refractivity (Wildman–Crippen MR) is 92.9 cm³/mol. The summed E-state index contributed by atoms with van der Waals surface area (Å²) in [5, 5.41) is 9.02. The van der Waals surface area contributed by atoms with Crippen LogP contribution in [0.2, 0.25) is 0 Å². The van der Waals surface area contributed by atoms with Crippen molar-refractivity contribution in [2.75, 3.05) is 6.61 Å². The van der Waals surface area contributed by atoms with Gasteiger partial charge in [-0.25, -0.2) is 0 Å². The molecule has 0 aliphatic rings. The number of nitrogens with zero attached hydrogens (tertiary/aromatic N) is 1. The maximum Gasteiger partial charge on any atom is 0.200 e. The van der Waals surface area contributed by atoms with Crippen molar-refractivity contribution in [3.8, 4) is 22.9 Å². The molecular weight excluding hydrogens is 298 g/mol. The highest BCUT2D eigenvalue weighted by molar-refractivity contribution is 5.97. The van der Waals surface area contributed by atoms with E-state index in [1.165, 1.54) is 0 Å². The first-order chi connectivity index (χ1) is 11.8. The van der Waals surface area contributed by atoms with Crippen LogP contribution >= 0.6 is 0 Å². The fraction of sp³-hybridized carbons (Fsp3) is 0.0476. The van der Waals surface area contributed by atoms with Crippen LogP contribution in [0.5, 0.6) is 5.75 Å². The second-order valence-corrected chi connectivity index (χ2v) is 5.26. The summed E-state index contributed by atoms with van der Waals surface area (Å²) >= 11 is 0. The molecule has 0 aliphatic heterocycles. The van der Waals surface area contributed by atoms with Crippen molar-refractivity contribution in [2.45, 2.75) is 0 Å². The lowest BCUT2D eigenvalue weighted by Crippen LogP contribution is -2.12. The lowest BCUT2D eigenvalue weighted by atomic mass is 10.0. The molecular formula is C21H15NO2. The van der Waals surface area contributed by atoms with Crippen molar-refractivity contribution in [3.05, 3.63) is 90.0 Å². The van der Waals surface area contributed by atoms with Gasteiger partial charge in [0.25, 0.3) is 0 Å². The molecule has 0 amide bonds. The Morgan fingerprint density at radius 3 is 2.17 bits per heavy atom. The molecule has 0 aliphatic carbocycles. The number of nitriles is 1. The van der Waals surface area contributed by atoms with Crippen molar-refractivity contribution in [1.29, 1.82) is 5.26 Å². The van der Waals surface area contributed by atoms with E-state index >= 15 is 0 Å². The number of para-hydroxylation sites is 1. The molecule has 0 bridgehead atoms. The highest BCUT2D eigenvalue weighted by atomic mass is 16.5. The Kier molecular flexibility index (Phi) is 4.69. The minimum Gasteiger partial charge on any atom is -0.484 e. The van der Waals surface area contributed by atoms with Gasteiger partial charge in [-0.3, -0.25) is 4.79 Å². The Balaban J connectivity index is 1.69. The standard InChI is InChI=1S/C21H15NO2/c22-14-19-8-4-5-9-21(19)24-15-20(23)18-12-10-17(11-13-18)16-6-2-1-3-7-16/h1-13H,15H2.